The van der Waals surface area contributed by atoms with E-state index in [9.17, 15) is 17.2 Å². The number of halogens is 2. The van der Waals surface area contributed by atoms with Crippen LogP contribution in [-0.4, -0.2) is 27.3 Å². The first-order valence-electron chi connectivity index (χ1n) is 6.12. The molecule has 0 aliphatic carbocycles. The topological polar surface area (TPSA) is 58.2 Å². The fraction of sp³-hybridized carbons (Fsp3) is 0.500. The zero-order valence-corrected chi connectivity index (χ0v) is 11.1. The molecule has 1 aromatic carbocycles. The van der Waals surface area contributed by atoms with Gasteiger partial charge in [0.1, 0.15) is 0 Å². The third-order valence-electron chi connectivity index (χ3n) is 3.09. The van der Waals surface area contributed by atoms with Gasteiger partial charge in [0.2, 0.25) is 0 Å². The average Bonchev–Trinajstić information content (AvgIpc) is 2.38. The largest absolute Gasteiger partial charge is 0.385 e. The number of benzene rings is 1. The maximum atomic E-state index is 12.1. The molecule has 1 aliphatic rings. The van der Waals surface area contributed by atoms with E-state index in [-0.39, 0.29) is 6.54 Å². The summed E-state index contributed by atoms with van der Waals surface area (Å²) in [5, 5.41) is 3.28. The molecule has 4 nitrogen and oxygen atoms in total. The fourth-order valence-electron chi connectivity index (χ4n) is 2.18. The Kier molecular flexibility index (Phi) is 4.36. The van der Waals surface area contributed by atoms with Crippen molar-refractivity contribution < 1.29 is 17.2 Å². The smallest absolute Gasteiger partial charge is 0.350 e. The molecular formula is C12H16F2N2O2S. The van der Waals surface area contributed by atoms with Crippen molar-refractivity contribution in [1.82, 2.24) is 4.72 Å². The minimum Gasteiger partial charge on any atom is -0.385 e. The summed E-state index contributed by atoms with van der Waals surface area (Å²) in [6.07, 6.45) is 2.44. The highest BCUT2D eigenvalue weighted by Gasteiger charge is 2.23. The van der Waals surface area contributed by atoms with Gasteiger partial charge in [-0.3, -0.25) is 0 Å². The van der Waals surface area contributed by atoms with Gasteiger partial charge in [-0.05, 0) is 30.4 Å². The summed E-state index contributed by atoms with van der Waals surface area (Å²) in [5.41, 5.74) is 3.17. The molecule has 19 heavy (non-hydrogen) atoms. The third kappa shape index (κ3) is 3.42. The van der Waals surface area contributed by atoms with Gasteiger partial charge in [-0.2, -0.15) is 8.78 Å². The molecule has 0 saturated carbocycles. The van der Waals surface area contributed by atoms with Crippen LogP contribution in [0.1, 0.15) is 17.5 Å². The van der Waals surface area contributed by atoms with Gasteiger partial charge in [0.05, 0.1) is 0 Å². The molecule has 0 bridgehead atoms. The number of aryl methyl sites for hydroxylation is 1. The van der Waals surface area contributed by atoms with Crippen molar-refractivity contribution >= 4 is 15.7 Å². The Morgan fingerprint density at radius 1 is 1.37 bits per heavy atom. The van der Waals surface area contributed by atoms with Gasteiger partial charge in [0.15, 0.2) is 0 Å². The first-order chi connectivity index (χ1) is 9.00. The number of fused-ring (bicyclic) bond motifs is 1. The summed E-state index contributed by atoms with van der Waals surface area (Å²) >= 11 is 0. The zero-order chi connectivity index (χ0) is 13.9. The molecule has 106 valence electrons. The van der Waals surface area contributed by atoms with Gasteiger partial charge in [-0.1, -0.05) is 18.2 Å². The van der Waals surface area contributed by atoms with Crippen molar-refractivity contribution in [3.05, 3.63) is 29.3 Å². The third-order valence-corrected chi connectivity index (χ3v) is 4.17. The summed E-state index contributed by atoms with van der Waals surface area (Å²) in [7, 11) is -4.49. The van der Waals surface area contributed by atoms with Gasteiger partial charge in [-0.25, -0.2) is 13.1 Å². The van der Waals surface area contributed by atoms with E-state index >= 15 is 0 Å². The maximum absolute atomic E-state index is 12.1. The molecule has 2 rings (SSSR count). The van der Waals surface area contributed by atoms with Crippen molar-refractivity contribution in [3.63, 3.8) is 0 Å². The second-order valence-corrected chi connectivity index (χ2v) is 6.17. The van der Waals surface area contributed by atoms with E-state index in [4.69, 9.17) is 0 Å². The van der Waals surface area contributed by atoms with Crippen LogP contribution in [0.2, 0.25) is 0 Å². The Morgan fingerprint density at radius 3 is 2.89 bits per heavy atom. The summed E-state index contributed by atoms with van der Waals surface area (Å²) in [6, 6.07) is 5.81. The lowest BCUT2D eigenvalue weighted by Gasteiger charge is -2.21. The predicted octanol–water partition coefficient (Wildman–Crippen LogP) is 1.73. The molecule has 0 unspecified atom stereocenters. The molecule has 0 fully saturated rings. The number of sulfonamides is 1. The lowest BCUT2D eigenvalue weighted by molar-refractivity contribution is 0.232. The number of rotatable bonds is 5. The maximum Gasteiger partial charge on any atom is 0.350 e. The Bertz CT molecular complexity index is 547. The van der Waals surface area contributed by atoms with Crippen LogP contribution in [0.5, 0.6) is 0 Å². The molecule has 0 atom stereocenters. The number of nitrogens with one attached hydrogen (secondary N) is 2. The molecule has 1 heterocycles. The van der Waals surface area contributed by atoms with Crippen molar-refractivity contribution in [3.8, 4) is 0 Å². The van der Waals surface area contributed by atoms with Crippen LogP contribution in [0, 0.1) is 0 Å². The van der Waals surface area contributed by atoms with Gasteiger partial charge in [0, 0.05) is 18.8 Å². The van der Waals surface area contributed by atoms with E-state index in [1.54, 1.807) is 0 Å². The molecular weight excluding hydrogens is 274 g/mol. The number of hydrogen-bond acceptors (Lipinski definition) is 3. The molecule has 1 aromatic rings. The van der Waals surface area contributed by atoms with Crippen molar-refractivity contribution in [2.24, 2.45) is 0 Å². The molecule has 1 aliphatic heterocycles. The highest BCUT2D eigenvalue weighted by Crippen LogP contribution is 2.26. The number of alkyl halides is 2. The molecule has 0 radical (unpaired) electrons. The SMILES string of the molecule is O=S(=O)(NCCc1cccc2c1NCCC2)C(F)F. The van der Waals surface area contributed by atoms with E-state index < -0.39 is 15.8 Å². The second kappa shape index (κ2) is 5.83. The average molecular weight is 290 g/mol. The number of anilines is 1. The van der Waals surface area contributed by atoms with E-state index in [1.165, 1.54) is 5.56 Å². The molecule has 2 N–H and O–H groups in total. The van der Waals surface area contributed by atoms with Crippen LogP contribution in [0.4, 0.5) is 14.5 Å². The van der Waals surface area contributed by atoms with Crippen LogP contribution in [0.25, 0.3) is 0 Å². The Morgan fingerprint density at radius 2 is 2.16 bits per heavy atom. The monoisotopic (exact) mass is 290 g/mol. The van der Waals surface area contributed by atoms with E-state index in [0.29, 0.717) is 6.42 Å². The zero-order valence-electron chi connectivity index (χ0n) is 10.3. The summed E-state index contributed by atoms with van der Waals surface area (Å²) in [4.78, 5) is 0. The van der Waals surface area contributed by atoms with Crippen LogP contribution < -0.4 is 10.0 Å². The lowest BCUT2D eigenvalue weighted by atomic mass is 9.98. The van der Waals surface area contributed by atoms with E-state index in [1.807, 2.05) is 22.9 Å². The van der Waals surface area contributed by atoms with Crippen molar-refractivity contribution in [1.29, 1.82) is 0 Å². The summed E-state index contributed by atoms with van der Waals surface area (Å²) in [5.74, 6) is -3.38. The van der Waals surface area contributed by atoms with Crippen molar-refractivity contribution in [2.75, 3.05) is 18.4 Å². The summed E-state index contributed by atoms with van der Waals surface area (Å²) < 4.78 is 48.1. The minimum atomic E-state index is -4.49. The Balaban J connectivity index is 2.01. The molecule has 7 heteroatoms. The predicted molar refractivity (Wildman–Crippen MR) is 69.9 cm³/mol. The first kappa shape index (κ1) is 14.2. The lowest BCUT2D eigenvalue weighted by Crippen LogP contribution is -2.31. The first-order valence-corrected chi connectivity index (χ1v) is 7.66. The molecule has 0 amide bonds. The van der Waals surface area contributed by atoms with Gasteiger partial charge < -0.3 is 5.32 Å². The highest BCUT2D eigenvalue weighted by atomic mass is 32.2. The van der Waals surface area contributed by atoms with Crippen LogP contribution in [-0.2, 0) is 22.9 Å². The molecule has 0 saturated heterocycles. The normalized spacial score (nSPS) is 15.1. The quantitative estimate of drug-likeness (QED) is 0.868. The fourth-order valence-corrected chi connectivity index (χ4v) is 2.69. The molecule has 0 spiro atoms. The van der Waals surface area contributed by atoms with E-state index in [2.05, 4.69) is 5.32 Å². The minimum absolute atomic E-state index is 0.0230. The van der Waals surface area contributed by atoms with Crippen LogP contribution in [0.3, 0.4) is 0 Å². The second-order valence-electron chi connectivity index (χ2n) is 4.43. The Labute approximate surface area is 111 Å². The van der Waals surface area contributed by atoms with Gasteiger partial charge in [0.25, 0.3) is 10.0 Å². The standard InChI is InChI=1S/C12H16F2N2O2S/c13-12(14)19(17,18)16-8-6-10-4-1-3-9-5-2-7-15-11(9)10/h1,3-4,12,15-16H,2,5-8H2. The highest BCUT2D eigenvalue weighted by molar-refractivity contribution is 7.89. The number of para-hydroxylation sites is 1. The number of hydrogen-bond donors (Lipinski definition) is 2. The molecule has 0 aromatic heterocycles. The summed E-state index contributed by atoms with van der Waals surface area (Å²) in [6.45, 7) is 0.859. The van der Waals surface area contributed by atoms with Gasteiger partial charge in [-0.15, -0.1) is 0 Å². The van der Waals surface area contributed by atoms with Crippen LogP contribution >= 0.6 is 0 Å². The van der Waals surface area contributed by atoms with Gasteiger partial charge >= 0.3 is 5.76 Å². The van der Waals surface area contributed by atoms with Crippen LogP contribution in [0.15, 0.2) is 18.2 Å². The van der Waals surface area contributed by atoms with E-state index in [0.717, 1.165) is 30.6 Å². The Hall–Kier alpha value is -1.21. The van der Waals surface area contributed by atoms with Crippen molar-refractivity contribution in [2.45, 2.75) is 25.0 Å².